The van der Waals surface area contributed by atoms with Crippen LogP contribution in [0.15, 0.2) is 5.38 Å². The van der Waals surface area contributed by atoms with E-state index in [1.807, 2.05) is 12.3 Å². The van der Waals surface area contributed by atoms with Crippen molar-refractivity contribution in [2.45, 2.75) is 26.9 Å². The average Bonchev–Trinajstić information content (AvgIpc) is 2.77. The van der Waals surface area contributed by atoms with Gasteiger partial charge >= 0.3 is 0 Å². The molecule has 1 N–H and O–H groups in total. The van der Waals surface area contributed by atoms with Crippen molar-refractivity contribution in [3.8, 4) is 0 Å². The first-order valence-corrected chi connectivity index (χ1v) is 6.30. The maximum absolute atomic E-state index is 4.45. The maximum Gasteiger partial charge on any atom is 0.0900 e. The van der Waals surface area contributed by atoms with Gasteiger partial charge in [-0.25, -0.2) is 4.98 Å². The summed E-state index contributed by atoms with van der Waals surface area (Å²) in [4.78, 5) is 5.74. The fourth-order valence-corrected chi connectivity index (χ4v) is 2.59. The highest BCUT2D eigenvalue weighted by atomic mass is 32.1. The summed E-state index contributed by atoms with van der Waals surface area (Å²) in [5.41, 5.74) is 2.13. The minimum atomic E-state index is 0.756. The molecule has 0 unspecified atom stereocenters. The molecule has 0 amide bonds. The number of aromatic nitrogens is 3. The number of rotatable bonds is 4. The zero-order valence-corrected chi connectivity index (χ0v) is 10.3. The lowest BCUT2D eigenvalue weighted by Crippen LogP contribution is -2.13. The molecule has 0 aromatic carbocycles. The summed E-state index contributed by atoms with van der Waals surface area (Å²) in [7, 11) is 0. The maximum atomic E-state index is 4.45. The minimum Gasteiger partial charge on any atom is -0.305 e. The fourth-order valence-electron chi connectivity index (χ4n) is 1.31. The van der Waals surface area contributed by atoms with Crippen LogP contribution in [0.4, 0.5) is 0 Å². The zero-order valence-electron chi connectivity index (χ0n) is 8.65. The molecule has 0 atom stereocenters. The van der Waals surface area contributed by atoms with Gasteiger partial charge in [0.1, 0.15) is 0 Å². The number of hydrogen-bond acceptors (Lipinski definition) is 6. The first-order valence-electron chi connectivity index (χ1n) is 4.65. The summed E-state index contributed by atoms with van der Waals surface area (Å²) >= 11 is 3.12. The van der Waals surface area contributed by atoms with E-state index in [2.05, 4.69) is 26.8 Å². The lowest BCUT2D eigenvalue weighted by atomic mass is 10.3. The quantitative estimate of drug-likeness (QED) is 0.887. The molecule has 15 heavy (non-hydrogen) atoms. The summed E-state index contributed by atoms with van der Waals surface area (Å²) in [5, 5.41) is 10.3. The van der Waals surface area contributed by atoms with E-state index in [-0.39, 0.29) is 0 Å². The van der Waals surface area contributed by atoms with Crippen molar-refractivity contribution in [2.75, 3.05) is 0 Å². The highest BCUT2D eigenvalue weighted by Crippen LogP contribution is 2.15. The summed E-state index contributed by atoms with van der Waals surface area (Å²) in [6.45, 7) is 5.69. The Bertz CT molecular complexity index is 421. The van der Waals surface area contributed by atoms with Crippen LogP contribution in [0.25, 0.3) is 0 Å². The second-order valence-corrected chi connectivity index (χ2v) is 5.25. The lowest BCUT2D eigenvalue weighted by Gasteiger charge is -1.99. The molecular formula is C9H12N4S2. The number of aryl methyl sites for hydroxylation is 2. The topological polar surface area (TPSA) is 50.7 Å². The third-order valence-corrected chi connectivity index (χ3v) is 3.49. The van der Waals surface area contributed by atoms with E-state index in [1.54, 1.807) is 11.3 Å². The van der Waals surface area contributed by atoms with Crippen LogP contribution in [0, 0.1) is 13.8 Å². The molecule has 0 radical (unpaired) electrons. The SMILES string of the molecule is Cc1nc(CNCc2csnn2)c(C)s1. The lowest BCUT2D eigenvalue weighted by molar-refractivity contribution is 0.665. The molecule has 2 aromatic rings. The molecule has 0 bridgehead atoms. The minimum absolute atomic E-state index is 0.756. The molecule has 6 heteroatoms. The first-order chi connectivity index (χ1) is 7.25. The van der Waals surface area contributed by atoms with Crippen molar-refractivity contribution in [1.82, 2.24) is 19.9 Å². The Balaban J connectivity index is 1.86. The molecule has 80 valence electrons. The van der Waals surface area contributed by atoms with Crippen molar-refractivity contribution in [3.05, 3.63) is 26.7 Å². The third kappa shape index (κ3) is 2.80. The highest BCUT2D eigenvalue weighted by Gasteiger charge is 2.04. The number of thiazole rings is 1. The van der Waals surface area contributed by atoms with E-state index < -0.39 is 0 Å². The van der Waals surface area contributed by atoms with Crippen LogP contribution in [0.3, 0.4) is 0 Å². The summed E-state index contributed by atoms with van der Waals surface area (Å²) < 4.78 is 3.81. The first kappa shape index (κ1) is 10.7. The van der Waals surface area contributed by atoms with Gasteiger partial charge in [0, 0.05) is 23.3 Å². The fraction of sp³-hybridized carbons (Fsp3) is 0.444. The van der Waals surface area contributed by atoms with Crippen LogP contribution < -0.4 is 5.32 Å². The van der Waals surface area contributed by atoms with E-state index in [0.717, 1.165) is 29.5 Å². The van der Waals surface area contributed by atoms with Gasteiger partial charge in [-0.15, -0.1) is 16.4 Å². The van der Waals surface area contributed by atoms with E-state index in [0.29, 0.717) is 0 Å². The Morgan fingerprint density at radius 1 is 1.33 bits per heavy atom. The monoisotopic (exact) mass is 240 g/mol. The second kappa shape index (κ2) is 4.78. The molecule has 0 fully saturated rings. The Labute approximate surface area is 96.5 Å². The Morgan fingerprint density at radius 2 is 2.20 bits per heavy atom. The molecule has 0 saturated heterocycles. The van der Waals surface area contributed by atoms with Gasteiger partial charge in [-0.2, -0.15) is 0 Å². The van der Waals surface area contributed by atoms with Crippen molar-refractivity contribution >= 4 is 22.9 Å². The molecule has 0 aliphatic rings. The summed E-state index contributed by atoms with van der Waals surface area (Å²) in [5.74, 6) is 0. The van der Waals surface area contributed by atoms with Gasteiger partial charge in [0.05, 0.1) is 16.4 Å². The van der Waals surface area contributed by atoms with Crippen LogP contribution in [0.5, 0.6) is 0 Å². The molecule has 2 aromatic heterocycles. The molecule has 2 heterocycles. The van der Waals surface area contributed by atoms with Crippen molar-refractivity contribution < 1.29 is 0 Å². The van der Waals surface area contributed by atoms with Gasteiger partial charge in [-0.3, -0.25) is 0 Å². The normalized spacial score (nSPS) is 10.8. The number of nitrogens with one attached hydrogen (secondary N) is 1. The van der Waals surface area contributed by atoms with Crippen LogP contribution in [-0.4, -0.2) is 14.6 Å². The van der Waals surface area contributed by atoms with Crippen LogP contribution in [-0.2, 0) is 13.1 Å². The van der Waals surface area contributed by atoms with E-state index in [4.69, 9.17) is 0 Å². The number of nitrogens with zero attached hydrogens (tertiary/aromatic N) is 3. The zero-order chi connectivity index (χ0) is 10.7. The van der Waals surface area contributed by atoms with Crippen LogP contribution in [0.1, 0.15) is 21.3 Å². The Hall–Kier alpha value is -0.850. The molecule has 2 rings (SSSR count). The number of hydrogen-bond donors (Lipinski definition) is 1. The van der Waals surface area contributed by atoms with E-state index in [1.165, 1.54) is 16.4 Å². The van der Waals surface area contributed by atoms with Crippen molar-refractivity contribution in [3.63, 3.8) is 0 Å². The van der Waals surface area contributed by atoms with Gasteiger partial charge < -0.3 is 5.32 Å². The summed E-state index contributed by atoms with van der Waals surface area (Å²) in [6.07, 6.45) is 0. The molecule has 0 saturated carbocycles. The van der Waals surface area contributed by atoms with Gasteiger partial charge in [0.25, 0.3) is 0 Å². The van der Waals surface area contributed by atoms with Crippen LogP contribution in [0.2, 0.25) is 0 Å². The molecule has 0 aliphatic heterocycles. The Morgan fingerprint density at radius 3 is 2.80 bits per heavy atom. The second-order valence-electron chi connectivity index (χ2n) is 3.24. The van der Waals surface area contributed by atoms with Gasteiger partial charge in [0.2, 0.25) is 0 Å². The van der Waals surface area contributed by atoms with Gasteiger partial charge in [-0.1, -0.05) is 4.49 Å². The Kier molecular flexibility index (Phi) is 3.40. The largest absolute Gasteiger partial charge is 0.305 e. The van der Waals surface area contributed by atoms with Crippen molar-refractivity contribution in [2.24, 2.45) is 0 Å². The molecular weight excluding hydrogens is 228 g/mol. The molecule has 0 aliphatic carbocycles. The molecule has 4 nitrogen and oxygen atoms in total. The summed E-state index contributed by atoms with van der Waals surface area (Å²) in [6, 6.07) is 0. The smallest absolute Gasteiger partial charge is 0.0900 e. The van der Waals surface area contributed by atoms with Crippen molar-refractivity contribution in [1.29, 1.82) is 0 Å². The third-order valence-electron chi connectivity index (χ3n) is 2.00. The van der Waals surface area contributed by atoms with Gasteiger partial charge in [-0.05, 0) is 25.4 Å². The standard InChI is InChI=1S/C9H12N4S2/c1-6-9(11-7(2)15-6)4-10-3-8-5-14-13-12-8/h5,10H,3-4H2,1-2H3. The van der Waals surface area contributed by atoms with E-state index in [9.17, 15) is 0 Å². The van der Waals surface area contributed by atoms with Gasteiger partial charge in [0.15, 0.2) is 0 Å². The van der Waals surface area contributed by atoms with E-state index >= 15 is 0 Å². The highest BCUT2D eigenvalue weighted by molar-refractivity contribution is 7.11. The van der Waals surface area contributed by atoms with Crippen LogP contribution >= 0.6 is 22.9 Å². The molecule has 0 spiro atoms. The predicted molar refractivity (Wildman–Crippen MR) is 62.0 cm³/mol. The predicted octanol–water partition coefficient (Wildman–Crippen LogP) is 1.90. The average molecular weight is 240 g/mol.